The first-order valence-corrected chi connectivity index (χ1v) is 5.79. The minimum Gasteiger partial charge on any atom is -0.423 e. The van der Waals surface area contributed by atoms with Crippen LogP contribution in [0, 0.1) is 3.57 Å². The lowest BCUT2D eigenvalue weighted by Gasteiger charge is -2.00. The Balaban J connectivity index is 2.27. The molecule has 0 aliphatic heterocycles. The topological polar surface area (TPSA) is 73.8 Å². The standard InChI is InChI=1S/C9H9IN4O2/c1-2-7-12-13-8(16-7)4-14-5-11-3-6(10)9(14)15/h3,5H,2,4H2,1H3. The van der Waals surface area contributed by atoms with E-state index in [-0.39, 0.29) is 12.1 Å². The van der Waals surface area contributed by atoms with E-state index in [1.54, 1.807) is 0 Å². The van der Waals surface area contributed by atoms with E-state index in [9.17, 15) is 4.79 Å². The number of aryl methyl sites for hydroxylation is 1. The summed E-state index contributed by atoms with van der Waals surface area (Å²) in [4.78, 5) is 15.6. The zero-order chi connectivity index (χ0) is 11.5. The maximum absolute atomic E-state index is 11.7. The molecule has 0 aromatic carbocycles. The fourth-order valence-corrected chi connectivity index (χ4v) is 1.65. The molecule has 0 amide bonds. The maximum atomic E-state index is 11.7. The van der Waals surface area contributed by atoms with Gasteiger partial charge in [0.25, 0.3) is 5.56 Å². The Hall–Kier alpha value is -1.25. The molecule has 0 fully saturated rings. The van der Waals surface area contributed by atoms with E-state index in [0.29, 0.717) is 21.8 Å². The van der Waals surface area contributed by atoms with Crippen molar-refractivity contribution in [3.8, 4) is 0 Å². The summed E-state index contributed by atoms with van der Waals surface area (Å²) in [7, 11) is 0. The smallest absolute Gasteiger partial charge is 0.267 e. The Bertz CT molecular complexity index is 548. The molecular weight excluding hydrogens is 323 g/mol. The Labute approximate surface area is 105 Å². The molecule has 0 saturated heterocycles. The molecule has 0 aliphatic carbocycles. The molecule has 0 N–H and O–H groups in total. The van der Waals surface area contributed by atoms with Gasteiger partial charge in [-0.1, -0.05) is 6.92 Å². The highest BCUT2D eigenvalue weighted by atomic mass is 127. The molecule has 2 heterocycles. The van der Waals surface area contributed by atoms with E-state index in [1.165, 1.54) is 17.1 Å². The first-order chi connectivity index (χ1) is 7.70. The van der Waals surface area contributed by atoms with Crippen LogP contribution in [0.1, 0.15) is 18.7 Å². The summed E-state index contributed by atoms with van der Waals surface area (Å²) >= 11 is 1.94. The Morgan fingerprint density at radius 3 is 2.88 bits per heavy atom. The lowest BCUT2D eigenvalue weighted by Crippen LogP contribution is -2.23. The van der Waals surface area contributed by atoms with Gasteiger partial charge in [0.2, 0.25) is 11.8 Å². The number of halogens is 1. The third-order valence-electron chi connectivity index (χ3n) is 1.98. The van der Waals surface area contributed by atoms with Crippen LogP contribution in [0.2, 0.25) is 0 Å². The van der Waals surface area contributed by atoms with Gasteiger partial charge in [-0.05, 0) is 22.6 Å². The predicted molar refractivity (Wildman–Crippen MR) is 64.0 cm³/mol. The van der Waals surface area contributed by atoms with Crippen molar-refractivity contribution in [2.45, 2.75) is 19.9 Å². The molecule has 0 spiro atoms. The van der Waals surface area contributed by atoms with Gasteiger partial charge in [0.15, 0.2) is 0 Å². The summed E-state index contributed by atoms with van der Waals surface area (Å²) in [6, 6.07) is 0. The molecule has 0 bridgehead atoms. The molecule has 6 nitrogen and oxygen atoms in total. The average molecular weight is 332 g/mol. The highest BCUT2D eigenvalue weighted by Crippen LogP contribution is 2.02. The normalized spacial score (nSPS) is 10.6. The van der Waals surface area contributed by atoms with Crippen LogP contribution in [-0.2, 0) is 13.0 Å². The van der Waals surface area contributed by atoms with E-state index in [4.69, 9.17) is 4.42 Å². The van der Waals surface area contributed by atoms with E-state index < -0.39 is 0 Å². The fraction of sp³-hybridized carbons (Fsp3) is 0.333. The number of aromatic nitrogens is 4. The van der Waals surface area contributed by atoms with Crippen LogP contribution in [0.4, 0.5) is 0 Å². The fourth-order valence-electron chi connectivity index (χ4n) is 1.18. The first kappa shape index (κ1) is 11.2. The SMILES string of the molecule is CCc1nnc(Cn2cncc(I)c2=O)o1. The van der Waals surface area contributed by atoms with Gasteiger partial charge in [-0.25, -0.2) is 4.98 Å². The number of hydrogen-bond donors (Lipinski definition) is 0. The molecule has 2 rings (SSSR count). The maximum Gasteiger partial charge on any atom is 0.267 e. The van der Waals surface area contributed by atoms with Crippen molar-refractivity contribution < 1.29 is 4.42 Å². The Kier molecular flexibility index (Phi) is 3.32. The van der Waals surface area contributed by atoms with Gasteiger partial charge in [-0.3, -0.25) is 9.36 Å². The average Bonchev–Trinajstić information content (AvgIpc) is 2.73. The first-order valence-electron chi connectivity index (χ1n) is 4.72. The molecule has 0 aliphatic rings. The summed E-state index contributed by atoms with van der Waals surface area (Å²) in [5.41, 5.74) is -0.105. The lowest BCUT2D eigenvalue weighted by molar-refractivity contribution is 0.438. The quantitative estimate of drug-likeness (QED) is 0.779. The number of nitrogens with zero attached hydrogens (tertiary/aromatic N) is 4. The van der Waals surface area contributed by atoms with Crippen LogP contribution < -0.4 is 5.56 Å². The monoisotopic (exact) mass is 332 g/mol. The van der Waals surface area contributed by atoms with Gasteiger partial charge >= 0.3 is 0 Å². The van der Waals surface area contributed by atoms with Crippen LogP contribution in [-0.4, -0.2) is 19.7 Å². The molecule has 2 aromatic rings. The zero-order valence-corrected chi connectivity index (χ0v) is 10.7. The van der Waals surface area contributed by atoms with E-state index in [0.717, 1.165) is 0 Å². The third kappa shape index (κ3) is 2.29. The molecule has 0 saturated carbocycles. The summed E-state index contributed by atoms with van der Waals surface area (Å²) < 4.78 is 7.32. The third-order valence-corrected chi connectivity index (χ3v) is 2.72. The van der Waals surface area contributed by atoms with Crippen LogP contribution in [0.15, 0.2) is 21.7 Å². The van der Waals surface area contributed by atoms with Crippen molar-refractivity contribution >= 4 is 22.6 Å². The van der Waals surface area contributed by atoms with Crippen LogP contribution in [0.25, 0.3) is 0 Å². The number of rotatable bonds is 3. The summed E-state index contributed by atoms with van der Waals surface area (Å²) in [6.07, 6.45) is 3.66. The second kappa shape index (κ2) is 4.73. The van der Waals surface area contributed by atoms with Gasteiger partial charge in [0.1, 0.15) is 6.54 Å². The van der Waals surface area contributed by atoms with Crippen LogP contribution in [0.5, 0.6) is 0 Å². The molecular formula is C9H9IN4O2. The number of hydrogen-bond acceptors (Lipinski definition) is 5. The van der Waals surface area contributed by atoms with Crippen molar-refractivity contribution in [3.63, 3.8) is 0 Å². The second-order valence-corrected chi connectivity index (χ2v) is 4.28. The molecule has 0 unspecified atom stereocenters. The van der Waals surface area contributed by atoms with Gasteiger partial charge < -0.3 is 4.42 Å². The molecule has 84 valence electrons. The molecule has 0 radical (unpaired) electrons. The Morgan fingerprint density at radius 1 is 1.44 bits per heavy atom. The largest absolute Gasteiger partial charge is 0.423 e. The van der Waals surface area contributed by atoms with Crippen molar-refractivity contribution in [2.24, 2.45) is 0 Å². The lowest BCUT2D eigenvalue weighted by atomic mass is 10.5. The highest BCUT2D eigenvalue weighted by Gasteiger charge is 2.07. The van der Waals surface area contributed by atoms with Crippen molar-refractivity contribution in [3.05, 3.63) is 38.2 Å². The minimum absolute atomic E-state index is 0.105. The summed E-state index contributed by atoms with van der Waals surface area (Å²) in [5.74, 6) is 0.990. The molecule has 7 heteroatoms. The van der Waals surface area contributed by atoms with E-state index >= 15 is 0 Å². The van der Waals surface area contributed by atoms with Crippen molar-refractivity contribution in [2.75, 3.05) is 0 Å². The van der Waals surface area contributed by atoms with Crippen LogP contribution >= 0.6 is 22.6 Å². The van der Waals surface area contributed by atoms with Gasteiger partial charge in [-0.2, -0.15) is 0 Å². The van der Waals surface area contributed by atoms with Gasteiger partial charge in [0, 0.05) is 12.6 Å². The van der Waals surface area contributed by atoms with Crippen molar-refractivity contribution in [1.82, 2.24) is 19.7 Å². The molecule has 16 heavy (non-hydrogen) atoms. The van der Waals surface area contributed by atoms with Gasteiger partial charge in [0.05, 0.1) is 9.90 Å². The van der Waals surface area contributed by atoms with Crippen LogP contribution in [0.3, 0.4) is 0 Å². The highest BCUT2D eigenvalue weighted by molar-refractivity contribution is 14.1. The van der Waals surface area contributed by atoms with Crippen molar-refractivity contribution in [1.29, 1.82) is 0 Å². The molecule has 0 atom stereocenters. The second-order valence-electron chi connectivity index (χ2n) is 3.12. The van der Waals surface area contributed by atoms with E-state index in [1.807, 2.05) is 29.5 Å². The Morgan fingerprint density at radius 2 is 2.19 bits per heavy atom. The van der Waals surface area contributed by atoms with Gasteiger partial charge in [-0.15, -0.1) is 10.2 Å². The minimum atomic E-state index is -0.105. The summed E-state index contributed by atoms with van der Waals surface area (Å²) in [5, 5.41) is 7.68. The van der Waals surface area contributed by atoms with E-state index in [2.05, 4.69) is 15.2 Å². The summed E-state index contributed by atoms with van der Waals surface area (Å²) in [6.45, 7) is 2.19. The zero-order valence-electron chi connectivity index (χ0n) is 8.55. The predicted octanol–water partition coefficient (Wildman–Crippen LogP) is 0.842. The molecule has 2 aromatic heterocycles.